The molecular formula is C29H30N4O. The Labute approximate surface area is 201 Å². The first kappa shape index (κ1) is 21.8. The second kappa shape index (κ2) is 8.75. The van der Waals surface area contributed by atoms with Gasteiger partial charge in [0.05, 0.1) is 18.3 Å². The molecule has 1 aliphatic rings. The third-order valence-corrected chi connectivity index (χ3v) is 6.42. The summed E-state index contributed by atoms with van der Waals surface area (Å²) in [6, 6.07) is 26.8. The molecule has 0 unspecified atom stereocenters. The van der Waals surface area contributed by atoms with Crippen LogP contribution in [0.1, 0.15) is 34.0 Å². The van der Waals surface area contributed by atoms with Crippen LogP contribution in [0.25, 0.3) is 5.69 Å². The summed E-state index contributed by atoms with van der Waals surface area (Å²) >= 11 is 0. The molecule has 0 bridgehead atoms. The van der Waals surface area contributed by atoms with Gasteiger partial charge in [-0.25, -0.2) is 4.79 Å². The summed E-state index contributed by atoms with van der Waals surface area (Å²) in [5.41, 5.74) is 8.57. The second-order valence-corrected chi connectivity index (χ2v) is 9.25. The number of fused-ring (bicyclic) bond motifs is 3. The molecule has 5 nitrogen and oxygen atoms in total. The molecule has 0 fully saturated rings. The van der Waals surface area contributed by atoms with E-state index in [0.29, 0.717) is 6.54 Å². The Balaban J connectivity index is 1.61. The van der Waals surface area contributed by atoms with E-state index < -0.39 is 0 Å². The van der Waals surface area contributed by atoms with E-state index >= 15 is 0 Å². The molecule has 0 spiro atoms. The maximum Gasteiger partial charge on any atom is 0.322 e. The van der Waals surface area contributed by atoms with Gasteiger partial charge in [0.25, 0.3) is 0 Å². The average molecular weight is 451 g/mol. The number of rotatable bonds is 3. The number of aromatic nitrogens is 1. The van der Waals surface area contributed by atoms with Crippen LogP contribution in [-0.4, -0.2) is 29.6 Å². The number of nitrogens with zero attached hydrogens (tertiary/aromatic N) is 3. The number of hydrogen-bond donors (Lipinski definition) is 1. The minimum Gasteiger partial charge on any atom is -0.378 e. The van der Waals surface area contributed by atoms with E-state index in [9.17, 15) is 4.79 Å². The Kier molecular flexibility index (Phi) is 5.62. The molecule has 0 saturated carbocycles. The van der Waals surface area contributed by atoms with E-state index in [1.807, 2.05) is 51.0 Å². The van der Waals surface area contributed by atoms with Gasteiger partial charge in [0.2, 0.25) is 0 Å². The number of aryl methyl sites for hydroxylation is 2. The Morgan fingerprint density at radius 2 is 1.62 bits per heavy atom. The van der Waals surface area contributed by atoms with Crippen molar-refractivity contribution >= 4 is 17.4 Å². The fourth-order valence-electron chi connectivity index (χ4n) is 4.89. The molecule has 2 amide bonds. The summed E-state index contributed by atoms with van der Waals surface area (Å²) in [5, 5.41) is 3.17. The van der Waals surface area contributed by atoms with Crippen LogP contribution in [0.15, 0.2) is 85.1 Å². The van der Waals surface area contributed by atoms with E-state index in [2.05, 4.69) is 81.6 Å². The summed E-state index contributed by atoms with van der Waals surface area (Å²) in [4.78, 5) is 17.9. The van der Waals surface area contributed by atoms with E-state index in [0.717, 1.165) is 45.0 Å². The van der Waals surface area contributed by atoms with Crippen molar-refractivity contribution in [2.24, 2.45) is 0 Å². The van der Waals surface area contributed by atoms with Crippen LogP contribution in [0.4, 0.5) is 16.2 Å². The van der Waals surface area contributed by atoms with Gasteiger partial charge in [-0.05, 0) is 78.6 Å². The largest absolute Gasteiger partial charge is 0.378 e. The van der Waals surface area contributed by atoms with Gasteiger partial charge in [0.15, 0.2) is 0 Å². The molecule has 1 aliphatic heterocycles. The van der Waals surface area contributed by atoms with Crippen LogP contribution < -0.4 is 10.2 Å². The van der Waals surface area contributed by atoms with Crippen molar-refractivity contribution in [2.45, 2.75) is 26.4 Å². The third kappa shape index (κ3) is 4.05. The maximum absolute atomic E-state index is 13.8. The number of carbonyl (C=O) groups is 1. The smallest absolute Gasteiger partial charge is 0.322 e. The van der Waals surface area contributed by atoms with Crippen molar-refractivity contribution in [1.29, 1.82) is 0 Å². The van der Waals surface area contributed by atoms with E-state index in [1.54, 1.807) is 0 Å². The van der Waals surface area contributed by atoms with Crippen molar-refractivity contribution in [1.82, 2.24) is 9.47 Å². The first-order chi connectivity index (χ1) is 16.4. The highest BCUT2D eigenvalue weighted by Crippen LogP contribution is 2.37. The molecule has 172 valence electrons. The van der Waals surface area contributed by atoms with Crippen LogP contribution in [0.3, 0.4) is 0 Å². The van der Waals surface area contributed by atoms with Crippen molar-refractivity contribution in [3.05, 3.63) is 113 Å². The van der Waals surface area contributed by atoms with Gasteiger partial charge in [-0.2, -0.15) is 0 Å². The van der Waals surface area contributed by atoms with Gasteiger partial charge in [0.1, 0.15) is 0 Å². The molecular weight excluding hydrogens is 420 g/mol. The number of anilines is 2. The van der Waals surface area contributed by atoms with Crippen LogP contribution in [-0.2, 0) is 6.54 Å². The van der Waals surface area contributed by atoms with Crippen LogP contribution in [0.2, 0.25) is 0 Å². The predicted molar refractivity (Wildman–Crippen MR) is 139 cm³/mol. The molecule has 0 radical (unpaired) electrons. The lowest BCUT2D eigenvalue weighted by molar-refractivity contribution is 0.194. The minimum absolute atomic E-state index is 0.115. The Hall–Kier alpha value is -3.99. The Morgan fingerprint density at radius 1 is 0.912 bits per heavy atom. The zero-order valence-electron chi connectivity index (χ0n) is 20.1. The van der Waals surface area contributed by atoms with Gasteiger partial charge >= 0.3 is 6.03 Å². The van der Waals surface area contributed by atoms with Gasteiger partial charge < -0.3 is 19.7 Å². The molecule has 4 aromatic rings. The highest BCUT2D eigenvalue weighted by Gasteiger charge is 2.33. The van der Waals surface area contributed by atoms with Gasteiger partial charge in [-0.1, -0.05) is 36.4 Å². The summed E-state index contributed by atoms with van der Waals surface area (Å²) < 4.78 is 2.21. The number of urea groups is 1. The molecule has 3 aromatic carbocycles. The SMILES string of the molecule is Cc1cc(C)cc(NC(=O)N2Cc3ccccc3-n3cccc3[C@@H]2c2ccc(N(C)C)cc2)c1. The molecule has 34 heavy (non-hydrogen) atoms. The normalized spacial score (nSPS) is 14.7. The third-order valence-electron chi connectivity index (χ3n) is 6.42. The lowest BCUT2D eigenvalue weighted by atomic mass is 10.0. The van der Waals surface area contributed by atoms with Gasteiger partial charge in [0, 0.05) is 37.4 Å². The lowest BCUT2D eigenvalue weighted by Crippen LogP contribution is -2.38. The number of hydrogen-bond acceptors (Lipinski definition) is 2. The topological polar surface area (TPSA) is 40.5 Å². The fraction of sp³-hybridized carbons (Fsp3) is 0.207. The molecule has 5 rings (SSSR count). The zero-order chi connectivity index (χ0) is 23.8. The first-order valence-corrected chi connectivity index (χ1v) is 11.6. The van der Waals surface area contributed by atoms with Crippen LogP contribution in [0, 0.1) is 13.8 Å². The number of nitrogens with one attached hydrogen (secondary N) is 1. The summed E-state index contributed by atoms with van der Waals surface area (Å²) in [5.74, 6) is 0. The summed E-state index contributed by atoms with van der Waals surface area (Å²) in [7, 11) is 4.07. The molecule has 1 aromatic heterocycles. The zero-order valence-corrected chi connectivity index (χ0v) is 20.1. The van der Waals surface area contributed by atoms with Crippen molar-refractivity contribution < 1.29 is 4.79 Å². The summed E-state index contributed by atoms with van der Waals surface area (Å²) in [6.07, 6.45) is 2.08. The Bertz CT molecular complexity index is 1320. The monoisotopic (exact) mass is 450 g/mol. The highest BCUT2D eigenvalue weighted by atomic mass is 16.2. The average Bonchev–Trinajstić information content (AvgIpc) is 3.22. The van der Waals surface area contributed by atoms with Crippen LogP contribution >= 0.6 is 0 Å². The number of para-hydroxylation sites is 1. The molecule has 5 heteroatoms. The van der Waals surface area contributed by atoms with E-state index in [4.69, 9.17) is 0 Å². The number of amides is 2. The van der Waals surface area contributed by atoms with Crippen LogP contribution in [0.5, 0.6) is 0 Å². The quantitative estimate of drug-likeness (QED) is 0.398. The van der Waals surface area contributed by atoms with E-state index in [-0.39, 0.29) is 12.1 Å². The lowest BCUT2D eigenvalue weighted by Gasteiger charge is -2.31. The molecule has 0 saturated heterocycles. The van der Waals surface area contributed by atoms with Crippen molar-refractivity contribution in [3.63, 3.8) is 0 Å². The molecule has 1 atom stereocenters. The van der Waals surface area contributed by atoms with Gasteiger partial charge in [-0.3, -0.25) is 0 Å². The van der Waals surface area contributed by atoms with Crippen molar-refractivity contribution in [2.75, 3.05) is 24.3 Å². The second-order valence-electron chi connectivity index (χ2n) is 9.25. The summed E-state index contributed by atoms with van der Waals surface area (Å²) in [6.45, 7) is 4.61. The highest BCUT2D eigenvalue weighted by molar-refractivity contribution is 5.90. The first-order valence-electron chi connectivity index (χ1n) is 11.6. The molecule has 0 aliphatic carbocycles. The maximum atomic E-state index is 13.8. The molecule has 2 heterocycles. The van der Waals surface area contributed by atoms with E-state index in [1.165, 1.54) is 0 Å². The molecule has 1 N–H and O–H groups in total. The standard InChI is InChI=1S/C29H30N4O/c1-20-16-21(2)18-24(17-20)30-29(34)33-19-23-8-5-6-9-26(23)32-15-7-10-27(32)28(33)22-11-13-25(14-12-22)31(3)4/h5-18,28H,19H2,1-4H3,(H,30,34)/t28-/m0/s1. The minimum atomic E-state index is -0.232. The number of carbonyl (C=O) groups excluding carboxylic acids is 1. The van der Waals surface area contributed by atoms with Gasteiger partial charge in [-0.15, -0.1) is 0 Å². The Morgan fingerprint density at radius 3 is 2.32 bits per heavy atom. The number of benzene rings is 3. The predicted octanol–water partition coefficient (Wildman–Crippen LogP) is 6.30. The fourth-order valence-corrected chi connectivity index (χ4v) is 4.89. The van der Waals surface area contributed by atoms with Crippen molar-refractivity contribution in [3.8, 4) is 5.69 Å².